The van der Waals surface area contributed by atoms with Crippen LogP contribution in [-0.2, 0) is 0 Å². The predicted octanol–water partition coefficient (Wildman–Crippen LogP) is 4.84. The van der Waals surface area contributed by atoms with Gasteiger partial charge in [0.15, 0.2) is 0 Å². The predicted molar refractivity (Wildman–Crippen MR) is 81.2 cm³/mol. The summed E-state index contributed by atoms with van der Waals surface area (Å²) in [5.41, 5.74) is 5.78. The van der Waals surface area contributed by atoms with Crippen LogP contribution in [0.3, 0.4) is 0 Å². The Bertz CT molecular complexity index is 345. The summed E-state index contributed by atoms with van der Waals surface area (Å²) in [6.45, 7) is 12.2. The highest BCUT2D eigenvalue weighted by molar-refractivity contribution is 5.39. The summed E-state index contributed by atoms with van der Waals surface area (Å²) >= 11 is 0. The fourth-order valence-electron chi connectivity index (χ4n) is 2.93. The molecule has 0 fully saturated rings. The van der Waals surface area contributed by atoms with Crippen LogP contribution < -0.4 is 5.32 Å². The van der Waals surface area contributed by atoms with Gasteiger partial charge in [-0.05, 0) is 50.4 Å². The summed E-state index contributed by atoms with van der Waals surface area (Å²) < 4.78 is 0. The van der Waals surface area contributed by atoms with E-state index in [1.807, 2.05) is 0 Å². The Hall–Kier alpha value is -0.820. The van der Waals surface area contributed by atoms with Gasteiger partial charge in [-0.15, -0.1) is 0 Å². The number of hydrogen-bond donors (Lipinski definition) is 1. The first-order chi connectivity index (χ1) is 8.60. The highest BCUT2D eigenvalue weighted by Gasteiger charge is 2.15. The molecule has 1 heteroatoms. The second-order valence-electron chi connectivity index (χ2n) is 5.42. The molecule has 0 saturated heterocycles. The van der Waals surface area contributed by atoms with Crippen molar-refractivity contribution in [1.29, 1.82) is 0 Å². The van der Waals surface area contributed by atoms with Gasteiger partial charge in [0, 0.05) is 6.04 Å². The number of hydrogen-bond acceptors (Lipinski definition) is 1. The normalized spacial score (nSPS) is 12.7. The largest absolute Gasteiger partial charge is 0.310 e. The van der Waals surface area contributed by atoms with Crippen molar-refractivity contribution in [2.45, 2.75) is 66.3 Å². The first-order valence-corrected chi connectivity index (χ1v) is 7.41. The molecule has 102 valence electrons. The van der Waals surface area contributed by atoms with Crippen LogP contribution in [0, 0.1) is 20.8 Å². The van der Waals surface area contributed by atoms with Crippen molar-refractivity contribution in [2.75, 3.05) is 6.54 Å². The van der Waals surface area contributed by atoms with Gasteiger partial charge in [-0.2, -0.15) is 0 Å². The average Bonchev–Trinajstić information content (AvgIpc) is 2.28. The summed E-state index contributed by atoms with van der Waals surface area (Å²) in [6.07, 6.45) is 5.21. The van der Waals surface area contributed by atoms with Crippen LogP contribution in [0.25, 0.3) is 0 Å². The Morgan fingerprint density at radius 1 is 1.00 bits per heavy atom. The topological polar surface area (TPSA) is 12.0 Å². The maximum absolute atomic E-state index is 3.66. The lowest BCUT2D eigenvalue weighted by Crippen LogP contribution is -2.22. The van der Waals surface area contributed by atoms with Gasteiger partial charge in [-0.25, -0.2) is 0 Å². The number of rotatable bonds is 7. The Balaban J connectivity index is 2.90. The summed E-state index contributed by atoms with van der Waals surface area (Å²) in [5.74, 6) is 0. The highest BCUT2D eigenvalue weighted by Crippen LogP contribution is 2.27. The molecule has 1 N–H and O–H groups in total. The minimum Gasteiger partial charge on any atom is -0.310 e. The van der Waals surface area contributed by atoms with E-state index in [9.17, 15) is 0 Å². The average molecular weight is 247 g/mol. The van der Waals surface area contributed by atoms with E-state index in [0.29, 0.717) is 6.04 Å². The van der Waals surface area contributed by atoms with Gasteiger partial charge in [-0.3, -0.25) is 0 Å². The van der Waals surface area contributed by atoms with Gasteiger partial charge in [0.2, 0.25) is 0 Å². The molecule has 0 aliphatic carbocycles. The number of aryl methyl sites for hydroxylation is 3. The molecule has 18 heavy (non-hydrogen) atoms. The van der Waals surface area contributed by atoms with E-state index < -0.39 is 0 Å². The van der Waals surface area contributed by atoms with Gasteiger partial charge in [-0.1, -0.05) is 50.8 Å². The first-order valence-electron chi connectivity index (χ1n) is 7.41. The van der Waals surface area contributed by atoms with Gasteiger partial charge < -0.3 is 5.32 Å². The van der Waals surface area contributed by atoms with Crippen molar-refractivity contribution >= 4 is 0 Å². The highest BCUT2D eigenvalue weighted by atomic mass is 14.9. The zero-order valence-corrected chi connectivity index (χ0v) is 12.8. The second kappa shape index (κ2) is 7.58. The molecule has 1 nitrogen and oxygen atoms in total. The van der Waals surface area contributed by atoms with Crippen molar-refractivity contribution in [3.63, 3.8) is 0 Å². The third-order valence-electron chi connectivity index (χ3n) is 3.63. The van der Waals surface area contributed by atoms with E-state index in [2.05, 4.69) is 52.1 Å². The van der Waals surface area contributed by atoms with Crippen molar-refractivity contribution in [3.05, 3.63) is 34.4 Å². The van der Waals surface area contributed by atoms with Crippen molar-refractivity contribution in [1.82, 2.24) is 5.32 Å². The molecule has 1 aromatic carbocycles. The van der Waals surface area contributed by atoms with Crippen LogP contribution in [0.4, 0.5) is 0 Å². The van der Waals surface area contributed by atoms with E-state index in [4.69, 9.17) is 0 Å². The van der Waals surface area contributed by atoms with E-state index in [-0.39, 0.29) is 0 Å². The molecule has 0 aliphatic rings. The van der Waals surface area contributed by atoms with E-state index >= 15 is 0 Å². The van der Waals surface area contributed by atoms with Crippen LogP contribution in [0.2, 0.25) is 0 Å². The zero-order valence-electron chi connectivity index (χ0n) is 12.8. The van der Waals surface area contributed by atoms with Crippen LogP contribution in [0.5, 0.6) is 0 Å². The van der Waals surface area contributed by atoms with Crippen LogP contribution >= 0.6 is 0 Å². The minimum absolute atomic E-state index is 0.530. The monoisotopic (exact) mass is 247 g/mol. The van der Waals surface area contributed by atoms with Gasteiger partial charge in [0.1, 0.15) is 0 Å². The lowest BCUT2D eigenvalue weighted by Gasteiger charge is -2.23. The SMILES string of the molecule is CCCCCC(NCC)c1c(C)cc(C)cc1C. The van der Waals surface area contributed by atoms with Gasteiger partial charge in [0.25, 0.3) is 0 Å². The molecule has 1 rings (SSSR count). The summed E-state index contributed by atoms with van der Waals surface area (Å²) in [4.78, 5) is 0. The van der Waals surface area contributed by atoms with Crippen LogP contribution in [0.1, 0.15) is 67.8 Å². The summed E-state index contributed by atoms with van der Waals surface area (Å²) in [5, 5.41) is 3.66. The maximum Gasteiger partial charge on any atom is 0.0325 e. The van der Waals surface area contributed by atoms with Crippen LogP contribution in [0.15, 0.2) is 12.1 Å². The Morgan fingerprint density at radius 3 is 2.11 bits per heavy atom. The minimum atomic E-state index is 0.530. The van der Waals surface area contributed by atoms with Crippen molar-refractivity contribution < 1.29 is 0 Å². The Labute approximate surface area is 113 Å². The molecule has 0 radical (unpaired) electrons. The van der Waals surface area contributed by atoms with E-state index in [1.54, 1.807) is 0 Å². The first kappa shape index (κ1) is 15.2. The quantitative estimate of drug-likeness (QED) is 0.680. The maximum atomic E-state index is 3.66. The second-order valence-corrected chi connectivity index (χ2v) is 5.42. The molecule has 0 aliphatic heterocycles. The molecular formula is C17H29N. The standard InChI is InChI=1S/C17H29N/c1-6-8-9-10-16(18-7-2)17-14(4)11-13(3)12-15(17)5/h11-12,16,18H,6-10H2,1-5H3. The number of unbranched alkanes of at least 4 members (excludes halogenated alkanes) is 2. The lowest BCUT2D eigenvalue weighted by molar-refractivity contribution is 0.483. The fourth-order valence-corrected chi connectivity index (χ4v) is 2.93. The third kappa shape index (κ3) is 4.13. The van der Waals surface area contributed by atoms with Crippen molar-refractivity contribution in [2.24, 2.45) is 0 Å². The third-order valence-corrected chi connectivity index (χ3v) is 3.63. The molecule has 0 spiro atoms. The summed E-state index contributed by atoms with van der Waals surface area (Å²) in [6, 6.07) is 5.15. The molecule has 1 unspecified atom stereocenters. The molecule has 1 aromatic rings. The number of benzene rings is 1. The fraction of sp³-hybridized carbons (Fsp3) is 0.647. The smallest absolute Gasteiger partial charge is 0.0325 e. The molecule has 1 atom stereocenters. The van der Waals surface area contributed by atoms with Gasteiger partial charge in [0.05, 0.1) is 0 Å². The molecule has 0 heterocycles. The van der Waals surface area contributed by atoms with Crippen LogP contribution in [-0.4, -0.2) is 6.54 Å². The lowest BCUT2D eigenvalue weighted by atomic mass is 9.91. The molecule has 0 bridgehead atoms. The Morgan fingerprint density at radius 2 is 1.61 bits per heavy atom. The van der Waals surface area contributed by atoms with E-state index in [1.165, 1.54) is 47.9 Å². The summed E-state index contributed by atoms with van der Waals surface area (Å²) in [7, 11) is 0. The number of nitrogens with one attached hydrogen (secondary N) is 1. The van der Waals surface area contributed by atoms with Crippen molar-refractivity contribution in [3.8, 4) is 0 Å². The Kier molecular flexibility index (Phi) is 6.42. The zero-order chi connectivity index (χ0) is 13.5. The molecular weight excluding hydrogens is 218 g/mol. The molecule has 0 amide bonds. The van der Waals surface area contributed by atoms with Gasteiger partial charge >= 0.3 is 0 Å². The molecule has 0 aromatic heterocycles. The van der Waals surface area contributed by atoms with E-state index in [0.717, 1.165) is 6.54 Å². The molecule has 0 saturated carbocycles.